The molecule has 0 radical (unpaired) electrons. The molecule has 1 aliphatic heterocycles. The van der Waals surface area contributed by atoms with Gasteiger partial charge in [0, 0.05) is 19.8 Å². The summed E-state index contributed by atoms with van der Waals surface area (Å²) in [6.45, 7) is 1.23. The summed E-state index contributed by atoms with van der Waals surface area (Å²) in [4.78, 5) is 11.2. The zero-order valence-electron chi connectivity index (χ0n) is 13.7. The topological polar surface area (TPSA) is 113 Å². The predicted molar refractivity (Wildman–Crippen MR) is 90.3 cm³/mol. The molecular formula is C16H19N3O5S. The van der Waals surface area contributed by atoms with E-state index in [4.69, 9.17) is 15.2 Å². The van der Waals surface area contributed by atoms with Gasteiger partial charge in [0.25, 0.3) is 5.91 Å². The minimum Gasteiger partial charge on any atom is -0.486 e. The number of aryl methyl sites for hydroxylation is 1. The van der Waals surface area contributed by atoms with Crippen molar-refractivity contribution in [3.05, 3.63) is 41.7 Å². The van der Waals surface area contributed by atoms with Crippen LogP contribution in [0.25, 0.3) is 0 Å². The zero-order chi connectivity index (χ0) is 18.0. The molecule has 1 aromatic carbocycles. The molecule has 0 fully saturated rings. The molecule has 0 spiro atoms. The van der Waals surface area contributed by atoms with Gasteiger partial charge in [0.15, 0.2) is 11.5 Å². The molecule has 0 saturated carbocycles. The average molecular weight is 365 g/mol. The van der Waals surface area contributed by atoms with Crippen molar-refractivity contribution in [2.45, 2.75) is 11.3 Å². The van der Waals surface area contributed by atoms with E-state index in [9.17, 15) is 13.2 Å². The van der Waals surface area contributed by atoms with Gasteiger partial charge in [-0.15, -0.1) is 0 Å². The second-order valence-corrected chi connectivity index (χ2v) is 7.43. The van der Waals surface area contributed by atoms with Crippen LogP contribution in [-0.2, 0) is 23.5 Å². The summed E-state index contributed by atoms with van der Waals surface area (Å²) in [6, 6.07) is 6.79. The van der Waals surface area contributed by atoms with Gasteiger partial charge < -0.3 is 19.8 Å². The van der Waals surface area contributed by atoms with Crippen molar-refractivity contribution >= 4 is 15.9 Å². The smallest absolute Gasteiger partial charge is 0.265 e. The van der Waals surface area contributed by atoms with Gasteiger partial charge in [-0.25, -0.2) is 13.1 Å². The number of sulfonamides is 1. The maximum absolute atomic E-state index is 12.3. The highest BCUT2D eigenvalue weighted by atomic mass is 32.2. The van der Waals surface area contributed by atoms with Gasteiger partial charge in [-0.05, 0) is 30.2 Å². The van der Waals surface area contributed by atoms with Gasteiger partial charge in [-0.1, -0.05) is 6.07 Å². The Labute approximate surface area is 145 Å². The number of carbonyl (C=O) groups is 1. The molecule has 1 aliphatic rings. The van der Waals surface area contributed by atoms with Crippen molar-refractivity contribution in [1.82, 2.24) is 9.29 Å². The Balaban J connectivity index is 1.65. The molecule has 0 atom stereocenters. The summed E-state index contributed by atoms with van der Waals surface area (Å²) in [6.07, 6.45) is 1.85. The monoisotopic (exact) mass is 365 g/mol. The van der Waals surface area contributed by atoms with Crippen LogP contribution in [-0.4, -0.2) is 38.7 Å². The van der Waals surface area contributed by atoms with Gasteiger partial charge in [-0.3, -0.25) is 4.79 Å². The second kappa shape index (κ2) is 6.77. The Morgan fingerprint density at radius 2 is 1.96 bits per heavy atom. The number of rotatable bonds is 6. The summed E-state index contributed by atoms with van der Waals surface area (Å²) in [5.41, 5.74) is 6.27. The molecule has 0 saturated heterocycles. The number of hydrogen-bond donors (Lipinski definition) is 2. The van der Waals surface area contributed by atoms with Gasteiger partial charge in [0.05, 0.1) is 0 Å². The molecule has 3 rings (SSSR count). The Bertz CT molecular complexity index is 904. The standard InChI is InChI=1S/C16H19N3O5S/c1-19-10-12(9-13(19)16(17)20)25(21,22)18-5-4-11-2-3-14-15(8-11)24-7-6-23-14/h2-3,8-10,18H,4-7H2,1H3,(H2,17,20). The Hall–Kier alpha value is -2.52. The van der Waals surface area contributed by atoms with Crippen LogP contribution in [0.2, 0.25) is 0 Å². The third kappa shape index (κ3) is 3.77. The highest BCUT2D eigenvalue weighted by molar-refractivity contribution is 7.89. The molecule has 134 valence electrons. The van der Waals surface area contributed by atoms with E-state index in [0.29, 0.717) is 31.1 Å². The SMILES string of the molecule is Cn1cc(S(=O)(=O)NCCc2ccc3c(c2)OCCO3)cc1C(N)=O. The maximum atomic E-state index is 12.3. The van der Waals surface area contributed by atoms with E-state index < -0.39 is 15.9 Å². The van der Waals surface area contributed by atoms with Gasteiger partial charge in [0.1, 0.15) is 23.8 Å². The number of carbonyl (C=O) groups excluding carboxylic acids is 1. The second-order valence-electron chi connectivity index (χ2n) is 5.66. The van der Waals surface area contributed by atoms with Gasteiger partial charge >= 0.3 is 0 Å². The van der Waals surface area contributed by atoms with Crippen LogP contribution >= 0.6 is 0 Å². The van der Waals surface area contributed by atoms with E-state index in [2.05, 4.69) is 4.72 Å². The lowest BCUT2D eigenvalue weighted by Crippen LogP contribution is -2.25. The Morgan fingerprint density at radius 1 is 1.24 bits per heavy atom. The molecular weight excluding hydrogens is 346 g/mol. The fourth-order valence-electron chi connectivity index (χ4n) is 2.58. The highest BCUT2D eigenvalue weighted by Crippen LogP contribution is 2.30. The number of nitrogens with one attached hydrogen (secondary N) is 1. The summed E-state index contributed by atoms with van der Waals surface area (Å²) in [7, 11) is -2.15. The summed E-state index contributed by atoms with van der Waals surface area (Å²) in [5.74, 6) is 0.680. The Morgan fingerprint density at radius 3 is 2.64 bits per heavy atom. The molecule has 25 heavy (non-hydrogen) atoms. The maximum Gasteiger partial charge on any atom is 0.265 e. The summed E-state index contributed by atoms with van der Waals surface area (Å²) in [5, 5.41) is 0. The number of primary amides is 1. The quantitative estimate of drug-likeness (QED) is 0.770. The largest absolute Gasteiger partial charge is 0.486 e. The fourth-order valence-corrected chi connectivity index (χ4v) is 3.68. The number of benzene rings is 1. The van der Waals surface area contributed by atoms with E-state index in [1.807, 2.05) is 18.2 Å². The summed E-state index contributed by atoms with van der Waals surface area (Å²) >= 11 is 0. The van der Waals surface area contributed by atoms with Crippen molar-refractivity contribution in [3.8, 4) is 11.5 Å². The van der Waals surface area contributed by atoms with Gasteiger partial charge in [-0.2, -0.15) is 0 Å². The van der Waals surface area contributed by atoms with E-state index in [1.54, 1.807) is 7.05 Å². The van der Waals surface area contributed by atoms with E-state index >= 15 is 0 Å². The molecule has 3 N–H and O–H groups in total. The van der Waals surface area contributed by atoms with Crippen LogP contribution in [0.5, 0.6) is 11.5 Å². The number of amides is 1. The first-order valence-corrected chi connectivity index (χ1v) is 9.19. The minimum atomic E-state index is -3.72. The molecule has 1 aromatic heterocycles. The number of nitrogens with two attached hydrogens (primary N) is 1. The minimum absolute atomic E-state index is 0.00553. The van der Waals surface area contributed by atoms with Crippen molar-refractivity contribution in [1.29, 1.82) is 0 Å². The lowest BCUT2D eigenvalue weighted by molar-refractivity contribution is 0.0992. The molecule has 2 heterocycles. The van der Waals surface area contributed by atoms with Crippen molar-refractivity contribution in [2.24, 2.45) is 12.8 Å². The number of ether oxygens (including phenoxy) is 2. The molecule has 8 nitrogen and oxygen atoms in total. The highest BCUT2D eigenvalue weighted by Gasteiger charge is 2.19. The third-order valence-corrected chi connectivity index (χ3v) is 5.28. The van der Waals surface area contributed by atoms with Crippen LogP contribution in [0, 0.1) is 0 Å². The first kappa shape index (κ1) is 17.3. The van der Waals surface area contributed by atoms with Crippen LogP contribution in [0.1, 0.15) is 16.1 Å². The predicted octanol–water partition coefficient (Wildman–Crippen LogP) is 0.416. The van der Waals surface area contributed by atoms with E-state index in [1.165, 1.54) is 16.8 Å². The van der Waals surface area contributed by atoms with Crippen molar-refractivity contribution in [3.63, 3.8) is 0 Å². The number of hydrogen-bond acceptors (Lipinski definition) is 5. The zero-order valence-corrected chi connectivity index (χ0v) is 14.5. The first-order chi connectivity index (χ1) is 11.9. The Kier molecular flexibility index (Phi) is 4.69. The van der Waals surface area contributed by atoms with Crippen LogP contribution in [0.15, 0.2) is 35.4 Å². The molecule has 2 aromatic rings. The number of fused-ring (bicyclic) bond motifs is 1. The average Bonchev–Trinajstić information content (AvgIpc) is 2.97. The lowest BCUT2D eigenvalue weighted by Gasteiger charge is -2.18. The van der Waals surface area contributed by atoms with Crippen molar-refractivity contribution in [2.75, 3.05) is 19.8 Å². The molecule has 0 bridgehead atoms. The van der Waals surface area contributed by atoms with E-state index in [-0.39, 0.29) is 17.1 Å². The third-order valence-electron chi connectivity index (χ3n) is 3.85. The van der Waals surface area contributed by atoms with E-state index in [0.717, 1.165) is 5.56 Å². The fraction of sp³-hybridized carbons (Fsp3) is 0.312. The van der Waals surface area contributed by atoms with Gasteiger partial charge in [0.2, 0.25) is 10.0 Å². The summed E-state index contributed by atoms with van der Waals surface area (Å²) < 4.78 is 39.5. The molecule has 1 amide bonds. The first-order valence-electron chi connectivity index (χ1n) is 7.71. The molecule has 9 heteroatoms. The number of nitrogens with zero attached hydrogens (tertiary/aromatic N) is 1. The van der Waals surface area contributed by atoms with Crippen molar-refractivity contribution < 1.29 is 22.7 Å². The molecule has 0 unspecified atom stereocenters. The normalized spacial score (nSPS) is 13.6. The molecule has 0 aliphatic carbocycles. The van der Waals surface area contributed by atoms with Crippen LogP contribution in [0.3, 0.4) is 0 Å². The number of aromatic nitrogens is 1. The lowest BCUT2D eigenvalue weighted by atomic mass is 10.1. The van der Waals surface area contributed by atoms with Crippen LogP contribution < -0.4 is 19.9 Å². The van der Waals surface area contributed by atoms with Crippen LogP contribution in [0.4, 0.5) is 0 Å².